The number of hydroxylamine groups is 2. The summed E-state index contributed by atoms with van der Waals surface area (Å²) in [6.45, 7) is 5.33. The molecule has 1 saturated carbocycles. The van der Waals surface area contributed by atoms with E-state index in [1.807, 2.05) is 0 Å². The summed E-state index contributed by atoms with van der Waals surface area (Å²) in [5, 5.41) is 13.1. The minimum atomic E-state index is -3.59. The van der Waals surface area contributed by atoms with Gasteiger partial charge in [-0.05, 0) is 52.4 Å². The van der Waals surface area contributed by atoms with Crippen molar-refractivity contribution in [2.24, 2.45) is 11.3 Å². The number of carbonyl (C=O) groups excluding carboxylic acids is 2. The molecule has 1 aliphatic carbocycles. The average Bonchev–Trinajstić information content (AvgIpc) is 3.31. The Balaban J connectivity index is 2.01. The van der Waals surface area contributed by atoms with Crippen LogP contribution >= 0.6 is 7.52 Å². The van der Waals surface area contributed by atoms with E-state index >= 15 is 0 Å². The first-order valence-electron chi connectivity index (χ1n) is 8.30. The summed E-state index contributed by atoms with van der Waals surface area (Å²) in [5.74, 6) is -0.659. The highest BCUT2D eigenvalue weighted by Gasteiger charge is 2.44. The molecule has 24 heavy (non-hydrogen) atoms. The van der Waals surface area contributed by atoms with E-state index in [-0.39, 0.29) is 6.54 Å². The summed E-state index contributed by atoms with van der Waals surface area (Å²) >= 11 is 0. The van der Waals surface area contributed by atoms with Crippen LogP contribution in [0.4, 0.5) is 0 Å². The van der Waals surface area contributed by atoms with Gasteiger partial charge in [-0.15, -0.1) is 0 Å². The second-order valence-electron chi connectivity index (χ2n) is 7.45. The van der Waals surface area contributed by atoms with Crippen LogP contribution < -0.4 is 5.09 Å². The minimum absolute atomic E-state index is 0.219. The van der Waals surface area contributed by atoms with Crippen molar-refractivity contribution in [2.45, 2.75) is 52.1 Å². The first-order chi connectivity index (χ1) is 11.1. The normalized spacial score (nSPS) is 24.6. The first kappa shape index (κ1) is 19.4. The molecular weight excluding hydrogens is 335 g/mol. The van der Waals surface area contributed by atoms with Gasteiger partial charge in [-0.2, -0.15) is 0 Å². The summed E-state index contributed by atoms with van der Waals surface area (Å²) in [6, 6.07) is 0. The number of hydrogen-bond acceptors (Lipinski definition) is 6. The van der Waals surface area contributed by atoms with Crippen LogP contribution in [0.3, 0.4) is 0 Å². The third kappa shape index (κ3) is 5.02. The topological polar surface area (TPSA) is 105 Å². The van der Waals surface area contributed by atoms with Gasteiger partial charge in [0.05, 0.1) is 5.41 Å². The number of esters is 1. The van der Waals surface area contributed by atoms with Gasteiger partial charge in [-0.25, -0.2) is 10.2 Å². The van der Waals surface area contributed by atoms with Gasteiger partial charge in [-0.1, -0.05) is 0 Å². The number of ether oxygens (including phenoxy) is 1. The van der Waals surface area contributed by atoms with E-state index in [9.17, 15) is 19.4 Å². The van der Waals surface area contributed by atoms with Gasteiger partial charge in [0.1, 0.15) is 5.66 Å². The van der Waals surface area contributed by atoms with Gasteiger partial charge < -0.3 is 4.74 Å². The minimum Gasteiger partial charge on any atom is -0.438 e. The highest BCUT2D eigenvalue weighted by atomic mass is 31.2. The molecule has 0 spiro atoms. The highest BCUT2D eigenvalue weighted by molar-refractivity contribution is 7.58. The van der Waals surface area contributed by atoms with E-state index in [0.29, 0.717) is 30.4 Å². The van der Waals surface area contributed by atoms with Gasteiger partial charge in [0.2, 0.25) is 0 Å². The standard InChI is InChI=1S/C15H27N2O6P/c1-15(2,3)14(19)22-10-23-24(21,16-9-11-6-7-11)12-5-4-8-17(20)13(12)18/h11-12,20H,4-10H2,1-3H3,(H,16,21). The molecule has 9 heteroatoms. The molecule has 0 aromatic rings. The maximum absolute atomic E-state index is 13.2. The summed E-state index contributed by atoms with van der Waals surface area (Å²) < 4.78 is 23.6. The predicted octanol–water partition coefficient (Wildman–Crippen LogP) is 2.12. The zero-order valence-corrected chi connectivity index (χ0v) is 15.4. The van der Waals surface area contributed by atoms with E-state index in [2.05, 4.69) is 5.09 Å². The lowest BCUT2D eigenvalue weighted by molar-refractivity contribution is -0.169. The van der Waals surface area contributed by atoms with Crippen molar-refractivity contribution < 1.29 is 28.6 Å². The zero-order chi connectivity index (χ0) is 18.0. The van der Waals surface area contributed by atoms with Gasteiger partial charge in [0, 0.05) is 13.1 Å². The van der Waals surface area contributed by atoms with Crippen LogP contribution in [0.2, 0.25) is 0 Å². The molecule has 2 rings (SSSR count). The molecule has 1 saturated heterocycles. The largest absolute Gasteiger partial charge is 0.438 e. The van der Waals surface area contributed by atoms with Gasteiger partial charge in [0.15, 0.2) is 6.79 Å². The fourth-order valence-electron chi connectivity index (χ4n) is 2.35. The molecule has 2 aliphatic rings. The molecule has 0 radical (unpaired) electrons. The number of carbonyl (C=O) groups is 2. The summed E-state index contributed by atoms with van der Waals surface area (Å²) in [6.07, 6.45) is 3.00. The maximum atomic E-state index is 13.2. The summed E-state index contributed by atoms with van der Waals surface area (Å²) in [4.78, 5) is 24.0. The molecule has 0 aromatic heterocycles. The van der Waals surface area contributed by atoms with Crippen LogP contribution in [0.5, 0.6) is 0 Å². The Labute approximate surface area is 142 Å². The molecular formula is C15H27N2O6P. The molecule has 8 nitrogen and oxygen atoms in total. The Hall–Kier alpha value is -0.950. The molecule has 1 amide bonds. The Morgan fingerprint density at radius 1 is 1.38 bits per heavy atom. The van der Waals surface area contributed by atoms with E-state index in [1.165, 1.54) is 0 Å². The van der Waals surface area contributed by atoms with Gasteiger partial charge >= 0.3 is 5.97 Å². The van der Waals surface area contributed by atoms with E-state index in [4.69, 9.17) is 9.26 Å². The monoisotopic (exact) mass is 362 g/mol. The number of rotatable bonds is 7. The van der Waals surface area contributed by atoms with Gasteiger partial charge in [0.25, 0.3) is 13.4 Å². The van der Waals surface area contributed by atoms with Crippen LogP contribution in [-0.2, 0) is 23.4 Å². The van der Waals surface area contributed by atoms with Crippen molar-refractivity contribution in [3.63, 3.8) is 0 Å². The zero-order valence-electron chi connectivity index (χ0n) is 14.5. The summed E-state index contributed by atoms with van der Waals surface area (Å²) in [7, 11) is -3.59. The molecule has 0 bridgehead atoms. The lowest BCUT2D eigenvalue weighted by atomic mass is 9.98. The lowest BCUT2D eigenvalue weighted by Gasteiger charge is -2.32. The third-order valence-electron chi connectivity index (χ3n) is 4.14. The molecule has 138 valence electrons. The quantitative estimate of drug-likeness (QED) is 0.309. The number of nitrogens with one attached hydrogen (secondary N) is 1. The lowest BCUT2D eigenvalue weighted by Crippen LogP contribution is -2.44. The van der Waals surface area contributed by atoms with Crippen LogP contribution in [-0.4, -0.2) is 47.7 Å². The molecule has 2 fully saturated rings. The fourth-order valence-corrected chi connectivity index (χ4v) is 4.51. The first-order valence-corrected chi connectivity index (χ1v) is 10.00. The number of hydrogen-bond donors (Lipinski definition) is 2. The molecule has 1 aliphatic heterocycles. The van der Waals surface area contributed by atoms with Crippen molar-refractivity contribution in [1.29, 1.82) is 0 Å². The predicted molar refractivity (Wildman–Crippen MR) is 86.4 cm³/mol. The van der Waals surface area contributed by atoms with Crippen molar-refractivity contribution in [1.82, 2.24) is 10.2 Å². The number of nitrogens with zero attached hydrogens (tertiary/aromatic N) is 1. The second-order valence-corrected chi connectivity index (χ2v) is 9.84. The Bertz CT molecular complexity index is 529. The van der Waals surface area contributed by atoms with Crippen molar-refractivity contribution in [3.8, 4) is 0 Å². The van der Waals surface area contributed by atoms with Crippen LogP contribution in [0.1, 0.15) is 46.5 Å². The highest BCUT2D eigenvalue weighted by Crippen LogP contribution is 2.52. The molecule has 1 heterocycles. The molecule has 0 aromatic carbocycles. The maximum Gasteiger partial charge on any atom is 0.313 e. The number of amides is 1. The van der Waals surface area contributed by atoms with Crippen LogP contribution in [0.15, 0.2) is 0 Å². The van der Waals surface area contributed by atoms with Crippen molar-refractivity contribution in [2.75, 3.05) is 19.9 Å². The van der Waals surface area contributed by atoms with Crippen LogP contribution in [0.25, 0.3) is 0 Å². The summed E-state index contributed by atoms with van der Waals surface area (Å²) in [5.41, 5.74) is -1.65. The smallest absolute Gasteiger partial charge is 0.313 e. The Morgan fingerprint density at radius 3 is 2.62 bits per heavy atom. The molecule has 2 N–H and O–H groups in total. The third-order valence-corrected chi connectivity index (χ3v) is 6.55. The van der Waals surface area contributed by atoms with E-state index < -0.39 is 37.3 Å². The van der Waals surface area contributed by atoms with E-state index in [1.54, 1.807) is 20.8 Å². The van der Waals surface area contributed by atoms with Crippen molar-refractivity contribution in [3.05, 3.63) is 0 Å². The molecule has 2 unspecified atom stereocenters. The van der Waals surface area contributed by atoms with Crippen LogP contribution in [0, 0.1) is 11.3 Å². The SMILES string of the molecule is CC(C)(C)C(=O)OCOP(=O)(NCC1CC1)C1CCCN(O)C1=O. The average molecular weight is 362 g/mol. The van der Waals surface area contributed by atoms with Crippen molar-refractivity contribution >= 4 is 19.4 Å². The fraction of sp³-hybridized carbons (Fsp3) is 0.867. The van der Waals surface area contributed by atoms with E-state index in [0.717, 1.165) is 12.8 Å². The Kier molecular flexibility index (Phi) is 6.07. The number of piperidine rings is 1. The molecule has 2 atom stereocenters. The van der Waals surface area contributed by atoms with Gasteiger partial charge in [-0.3, -0.25) is 23.9 Å². The second kappa shape index (κ2) is 7.52. The Morgan fingerprint density at radius 2 is 2.04 bits per heavy atom.